The molecule has 0 unspecified atom stereocenters. The summed E-state index contributed by atoms with van der Waals surface area (Å²) in [6, 6.07) is 6.22. The van der Waals surface area contributed by atoms with Gasteiger partial charge in [-0.15, -0.1) is 0 Å². The fourth-order valence-corrected chi connectivity index (χ4v) is 3.96. The summed E-state index contributed by atoms with van der Waals surface area (Å²) in [6.07, 6.45) is -3.90. The van der Waals surface area contributed by atoms with Crippen LogP contribution in [-0.2, 0) is 9.53 Å². The first-order chi connectivity index (χ1) is 16.3. The number of carbonyl (C=O) groups excluding carboxylic acids is 2. The highest BCUT2D eigenvalue weighted by Gasteiger charge is 2.47. The van der Waals surface area contributed by atoms with E-state index in [4.69, 9.17) is 9.47 Å². The molecule has 0 aliphatic carbocycles. The van der Waals surface area contributed by atoms with Crippen molar-refractivity contribution in [3.05, 3.63) is 34.4 Å². The number of nitrogens with one attached hydrogen (secondary N) is 3. The second kappa shape index (κ2) is 10.0. The minimum Gasteiger partial charge on any atom is -0.497 e. The Morgan fingerprint density at radius 2 is 1.91 bits per heavy atom. The Hall–Kier alpha value is -3.08. The zero-order valence-electron chi connectivity index (χ0n) is 18.1. The number of amides is 3. The zero-order valence-corrected chi connectivity index (χ0v) is 20.3. The molecule has 14 heteroatoms. The molecular weight excluding hydrogens is 561 g/mol. The number of aliphatic hydroxyl groups is 2. The predicted molar refractivity (Wildman–Crippen MR) is 128 cm³/mol. The molecule has 4 rings (SSSR count). The summed E-state index contributed by atoms with van der Waals surface area (Å²) < 4.78 is 12.4. The van der Waals surface area contributed by atoms with Crippen LogP contribution in [0.2, 0.25) is 0 Å². The summed E-state index contributed by atoms with van der Waals surface area (Å²) in [5, 5.41) is 28.7. The maximum atomic E-state index is 12.5. The van der Waals surface area contributed by atoms with E-state index < -0.39 is 36.5 Å². The van der Waals surface area contributed by atoms with Crippen LogP contribution in [0.3, 0.4) is 0 Å². The number of ether oxygens (including phenoxy) is 2. The number of urea groups is 1. The van der Waals surface area contributed by atoms with E-state index in [1.165, 1.54) is 10.9 Å². The molecule has 0 spiro atoms. The quantitative estimate of drug-likeness (QED) is 0.208. The molecule has 5 N–H and O–H groups in total. The number of methoxy groups -OCH3 is 1. The molecule has 2 aromatic heterocycles. The minimum absolute atomic E-state index is 0.132. The molecule has 3 aromatic rings. The predicted octanol–water partition coefficient (Wildman–Crippen LogP) is 0.839. The van der Waals surface area contributed by atoms with Gasteiger partial charge in [0, 0.05) is 34.8 Å². The van der Waals surface area contributed by atoms with Crippen LogP contribution in [0.15, 0.2) is 30.6 Å². The van der Waals surface area contributed by atoms with Gasteiger partial charge in [0.25, 0.3) is 5.91 Å². The first-order valence-electron chi connectivity index (χ1n) is 10.2. The van der Waals surface area contributed by atoms with Crippen LogP contribution in [0.4, 0.5) is 16.3 Å². The van der Waals surface area contributed by atoms with Crippen molar-refractivity contribution >= 4 is 57.2 Å². The summed E-state index contributed by atoms with van der Waals surface area (Å²) in [6.45, 7) is 2.08. The Bertz CT molecular complexity index is 1200. The van der Waals surface area contributed by atoms with Gasteiger partial charge in [0.05, 0.1) is 13.4 Å². The molecule has 0 bridgehead atoms. The highest BCUT2D eigenvalue weighted by Crippen LogP contribution is 2.33. The summed E-state index contributed by atoms with van der Waals surface area (Å²) in [4.78, 5) is 37.5. The highest BCUT2D eigenvalue weighted by molar-refractivity contribution is 14.1. The van der Waals surface area contributed by atoms with Crippen molar-refractivity contribution in [1.82, 2.24) is 24.8 Å². The van der Waals surface area contributed by atoms with E-state index in [1.807, 2.05) is 22.6 Å². The number of likely N-dealkylation sites (N-methyl/N-ethyl adjacent to an activating group) is 1. The van der Waals surface area contributed by atoms with Gasteiger partial charge in [-0.25, -0.2) is 19.7 Å². The van der Waals surface area contributed by atoms with Crippen LogP contribution < -0.4 is 20.7 Å². The van der Waals surface area contributed by atoms with Crippen molar-refractivity contribution in [3.63, 3.8) is 0 Å². The molecule has 13 nitrogen and oxygen atoms in total. The number of fused-ring (bicyclic) bond motifs is 1. The fourth-order valence-electron chi connectivity index (χ4n) is 3.49. The molecule has 4 atom stereocenters. The van der Waals surface area contributed by atoms with E-state index in [-0.39, 0.29) is 17.0 Å². The molecule has 1 aromatic carbocycles. The SMILES string of the molecule is CCNC(=O)[C@H]1O[C@@H](n2cnc3c(NC(=O)Nc4ccc(OC)cc4)nc(I)nc32)[C@H](O)[C@@H]1O. The van der Waals surface area contributed by atoms with Crippen LogP contribution >= 0.6 is 22.6 Å². The van der Waals surface area contributed by atoms with Crippen molar-refractivity contribution < 1.29 is 29.3 Å². The molecule has 1 fully saturated rings. The van der Waals surface area contributed by atoms with Gasteiger partial charge in [-0.2, -0.15) is 0 Å². The average molecular weight is 583 g/mol. The lowest BCUT2D eigenvalue weighted by Gasteiger charge is -2.16. The van der Waals surface area contributed by atoms with Gasteiger partial charge >= 0.3 is 6.03 Å². The number of anilines is 2. The number of benzene rings is 1. The molecule has 3 amide bonds. The van der Waals surface area contributed by atoms with E-state index in [0.29, 0.717) is 21.8 Å². The van der Waals surface area contributed by atoms with Gasteiger partial charge < -0.3 is 30.3 Å². The third kappa shape index (κ3) is 4.75. The fraction of sp³-hybridized carbons (Fsp3) is 0.350. The van der Waals surface area contributed by atoms with E-state index in [9.17, 15) is 19.8 Å². The van der Waals surface area contributed by atoms with Crippen LogP contribution in [-0.4, -0.2) is 73.6 Å². The lowest BCUT2D eigenvalue weighted by Crippen LogP contribution is -2.42. The van der Waals surface area contributed by atoms with E-state index in [2.05, 4.69) is 30.9 Å². The normalized spacial score (nSPS) is 21.9. The van der Waals surface area contributed by atoms with Crippen molar-refractivity contribution in [3.8, 4) is 5.75 Å². The first-order valence-corrected chi connectivity index (χ1v) is 11.3. The molecular formula is C20H22IN7O6. The molecule has 0 radical (unpaired) electrons. The molecule has 34 heavy (non-hydrogen) atoms. The number of hydrogen-bond acceptors (Lipinski definition) is 9. The summed E-state index contributed by atoms with van der Waals surface area (Å²) in [7, 11) is 1.55. The van der Waals surface area contributed by atoms with Crippen molar-refractivity contribution in [2.75, 3.05) is 24.3 Å². The Balaban J connectivity index is 1.57. The van der Waals surface area contributed by atoms with Crippen molar-refractivity contribution in [2.24, 2.45) is 0 Å². The van der Waals surface area contributed by atoms with Crippen molar-refractivity contribution in [2.45, 2.75) is 31.5 Å². The van der Waals surface area contributed by atoms with E-state index in [1.54, 1.807) is 38.3 Å². The number of hydrogen-bond donors (Lipinski definition) is 5. The van der Waals surface area contributed by atoms with Gasteiger partial charge in [0.2, 0.25) is 0 Å². The third-order valence-electron chi connectivity index (χ3n) is 5.10. The zero-order chi connectivity index (χ0) is 24.4. The molecule has 0 saturated carbocycles. The number of imidazole rings is 1. The minimum atomic E-state index is -1.44. The highest BCUT2D eigenvalue weighted by atomic mass is 127. The number of carbonyl (C=O) groups is 2. The van der Waals surface area contributed by atoms with Crippen LogP contribution in [0.25, 0.3) is 11.2 Å². The standard InChI is InChI=1S/C20H22IN7O6/c1-3-22-17(31)14-12(29)13(30)18(34-14)28-8-23-11-15(25-19(21)27-16(11)28)26-20(32)24-9-4-6-10(33-2)7-5-9/h4-8,12-14,18,29-30H,3H2,1-2H3,(H,22,31)(H2,24,25,26,27,32)/t12-,13+,14-,18+/m0/s1. The third-order valence-corrected chi connectivity index (χ3v) is 5.58. The molecule has 3 heterocycles. The maximum Gasteiger partial charge on any atom is 0.324 e. The Morgan fingerprint density at radius 1 is 1.18 bits per heavy atom. The number of rotatable bonds is 6. The topological polar surface area (TPSA) is 173 Å². The summed E-state index contributed by atoms with van der Waals surface area (Å²) >= 11 is 1.88. The maximum absolute atomic E-state index is 12.5. The second-order valence-electron chi connectivity index (χ2n) is 7.30. The average Bonchev–Trinajstić information content (AvgIpc) is 3.35. The summed E-state index contributed by atoms with van der Waals surface area (Å²) in [5.74, 6) is 0.245. The number of aliphatic hydroxyl groups excluding tert-OH is 2. The van der Waals surface area contributed by atoms with Crippen LogP contribution in [0.5, 0.6) is 5.75 Å². The molecule has 1 saturated heterocycles. The van der Waals surface area contributed by atoms with Gasteiger partial charge in [-0.1, -0.05) is 0 Å². The van der Waals surface area contributed by atoms with Gasteiger partial charge in [0.1, 0.15) is 18.0 Å². The number of aromatic nitrogens is 4. The smallest absolute Gasteiger partial charge is 0.324 e. The number of nitrogens with zero attached hydrogens (tertiary/aromatic N) is 4. The Labute approximate surface area is 207 Å². The van der Waals surface area contributed by atoms with Crippen LogP contribution in [0.1, 0.15) is 13.2 Å². The second-order valence-corrected chi connectivity index (χ2v) is 8.26. The van der Waals surface area contributed by atoms with E-state index in [0.717, 1.165) is 0 Å². The molecule has 1 aliphatic heterocycles. The van der Waals surface area contributed by atoms with Gasteiger partial charge in [-0.05, 0) is 31.2 Å². The Kier molecular flexibility index (Phi) is 7.11. The molecule has 1 aliphatic rings. The number of halogens is 1. The van der Waals surface area contributed by atoms with E-state index >= 15 is 0 Å². The first kappa shape index (κ1) is 24.1. The largest absolute Gasteiger partial charge is 0.497 e. The lowest BCUT2D eigenvalue weighted by atomic mass is 10.1. The lowest BCUT2D eigenvalue weighted by molar-refractivity contribution is -0.137. The molecule has 180 valence electrons. The monoisotopic (exact) mass is 583 g/mol. The van der Waals surface area contributed by atoms with Gasteiger partial charge in [0.15, 0.2) is 33.1 Å². The van der Waals surface area contributed by atoms with Crippen molar-refractivity contribution in [1.29, 1.82) is 0 Å². The van der Waals surface area contributed by atoms with Crippen LogP contribution in [0, 0.1) is 3.83 Å². The Morgan fingerprint density at radius 3 is 2.59 bits per heavy atom. The van der Waals surface area contributed by atoms with Gasteiger partial charge in [-0.3, -0.25) is 14.7 Å². The summed E-state index contributed by atoms with van der Waals surface area (Å²) in [5.41, 5.74) is 1.01.